The van der Waals surface area contributed by atoms with Crippen LogP contribution in [-0.4, -0.2) is 20.5 Å². The van der Waals surface area contributed by atoms with Gasteiger partial charge in [0, 0.05) is 10.3 Å². The Hall–Kier alpha value is -0.580. The van der Waals surface area contributed by atoms with Crippen LogP contribution in [0.3, 0.4) is 0 Å². The highest BCUT2D eigenvalue weighted by atomic mass is 35.5. The standard InChI is InChI=1S/C11H12Cl2O3S/c1-6(11(14)15)7(2)17(16)10-5-8(12)3-4-9(10)13/h3-7H,1-2H3,(H,14,15). The van der Waals surface area contributed by atoms with Crippen LogP contribution in [0.1, 0.15) is 13.8 Å². The summed E-state index contributed by atoms with van der Waals surface area (Å²) < 4.78 is 12.2. The van der Waals surface area contributed by atoms with Gasteiger partial charge in [-0.3, -0.25) is 9.00 Å². The van der Waals surface area contributed by atoms with Crippen molar-refractivity contribution < 1.29 is 14.1 Å². The minimum Gasteiger partial charge on any atom is -0.481 e. The number of aliphatic carboxylic acids is 1. The van der Waals surface area contributed by atoms with Gasteiger partial charge in [0.05, 0.1) is 26.6 Å². The number of carboxylic acid groups (broad SMARTS) is 1. The van der Waals surface area contributed by atoms with Crippen LogP contribution in [0.15, 0.2) is 23.1 Å². The first-order valence-corrected chi connectivity index (χ1v) is 6.90. The molecule has 3 atom stereocenters. The van der Waals surface area contributed by atoms with Crippen LogP contribution in [0, 0.1) is 5.92 Å². The third-order valence-corrected chi connectivity index (χ3v) is 5.07. The van der Waals surface area contributed by atoms with Crippen LogP contribution < -0.4 is 0 Å². The Morgan fingerprint density at radius 3 is 2.47 bits per heavy atom. The number of hydrogen-bond donors (Lipinski definition) is 1. The van der Waals surface area contributed by atoms with Gasteiger partial charge in [0.2, 0.25) is 0 Å². The fraction of sp³-hybridized carbons (Fsp3) is 0.364. The van der Waals surface area contributed by atoms with Gasteiger partial charge in [-0.2, -0.15) is 0 Å². The van der Waals surface area contributed by atoms with E-state index in [-0.39, 0.29) is 0 Å². The molecule has 0 radical (unpaired) electrons. The zero-order valence-electron chi connectivity index (χ0n) is 9.31. The molecule has 1 aromatic rings. The molecule has 0 aliphatic carbocycles. The number of carboxylic acids is 1. The van der Waals surface area contributed by atoms with E-state index in [1.807, 2.05) is 0 Å². The highest BCUT2D eigenvalue weighted by molar-refractivity contribution is 7.85. The summed E-state index contributed by atoms with van der Waals surface area (Å²) in [5.74, 6) is -1.70. The minimum absolute atomic E-state index is 0.331. The van der Waals surface area contributed by atoms with Gasteiger partial charge in [-0.1, -0.05) is 30.1 Å². The van der Waals surface area contributed by atoms with Gasteiger partial charge in [-0.15, -0.1) is 0 Å². The van der Waals surface area contributed by atoms with E-state index in [0.29, 0.717) is 14.9 Å². The lowest BCUT2D eigenvalue weighted by Gasteiger charge is -2.16. The van der Waals surface area contributed by atoms with Crippen molar-refractivity contribution in [3.05, 3.63) is 28.2 Å². The summed E-state index contributed by atoms with van der Waals surface area (Å²) in [4.78, 5) is 11.2. The van der Waals surface area contributed by atoms with Gasteiger partial charge in [0.1, 0.15) is 0 Å². The molecule has 1 rings (SSSR count). The highest BCUT2D eigenvalue weighted by Gasteiger charge is 2.26. The number of benzene rings is 1. The summed E-state index contributed by atoms with van der Waals surface area (Å²) in [7, 11) is -1.50. The summed E-state index contributed by atoms with van der Waals surface area (Å²) in [5, 5.41) is 9.09. The second kappa shape index (κ2) is 5.85. The fourth-order valence-corrected chi connectivity index (χ4v) is 3.19. The molecule has 0 fully saturated rings. The van der Waals surface area contributed by atoms with Gasteiger partial charge in [0.25, 0.3) is 0 Å². The molecule has 3 nitrogen and oxygen atoms in total. The van der Waals surface area contributed by atoms with E-state index in [4.69, 9.17) is 28.3 Å². The van der Waals surface area contributed by atoms with Crippen molar-refractivity contribution in [3.63, 3.8) is 0 Å². The summed E-state index contributed by atoms with van der Waals surface area (Å²) >= 11 is 11.7. The quantitative estimate of drug-likeness (QED) is 0.928. The first-order valence-electron chi connectivity index (χ1n) is 4.93. The third-order valence-electron chi connectivity index (χ3n) is 2.54. The summed E-state index contributed by atoms with van der Waals surface area (Å²) in [6, 6.07) is 4.65. The summed E-state index contributed by atoms with van der Waals surface area (Å²) in [6.45, 7) is 3.13. The van der Waals surface area contributed by atoms with Gasteiger partial charge in [-0.05, 0) is 25.1 Å². The van der Waals surface area contributed by atoms with Crippen molar-refractivity contribution in [2.75, 3.05) is 0 Å². The Morgan fingerprint density at radius 1 is 1.35 bits per heavy atom. The Morgan fingerprint density at radius 2 is 1.94 bits per heavy atom. The van der Waals surface area contributed by atoms with E-state index in [2.05, 4.69) is 0 Å². The molecule has 0 amide bonds. The lowest BCUT2D eigenvalue weighted by molar-refractivity contribution is -0.141. The molecule has 0 saturated carbocycles. The van der Waals surface area contributed by atoms with Gasteiger partial charge in [0.15, 0.2) is 0 Å². The Balaban J connectivity index is 3.04. The van der Waals surface area contributed by atoms with Gasteiger partial charge < -0.3 is 5.11 Å². The van der Waals surface area contributed by atoms with Crippen LogP contribution in [0.25, 0.3) is 0 Å². The molecule has 1 aromatic carbocycles. The zero-order chi connectivity index (χ0) is 13.2. The van der Waals surface area contributed by atoms with Crippen LogP contribution in [0.2, 0.25) is 10.0 Å². The number of rotatable bonds is 4. The van der Waals surface area contributed by atoms with Gasteiger partial charge in [-0.25, -0.2) is 0 Å². The summed E-state index contributed by atoms with van der Waals surface area (Å²) in [5.41, 5.74) is 0. The smallest absolute Gasteiger partial charge is 0.307 e. The lowest BCUT2D eigenvalue weighted by Crippen LogP contribution is -2.27. The van der Waals surface area contributed by atoms with E-state index < -0.39 is 27.9 Å². The number of hydrogen-bond acceptors (Lipinski definition) is 2. The maximum Gasteiger partial charge on any atom is 0.307 e. The maximum atomic E-state index is 12.2. The fourth-order valence-electron chi connectivity index (χ4n) is 1.22. The molecule has 0 heterocycles. The number of halogens is 2. The molecule has 3 unspecified atom stereocenters. The lowest BCUT2D eigenvalue weighted by atomic mass is 10.1. The third kappa shape index (κ3) is 3.44. The molecule has 0 spiro atoms. The second-order valence-electron chi connectivity index (χ2n) is 3.70. The molecule has 0 saturated heterocycles. The molecule has 17 heavy (non-hydrogen) atoms. The van der Waals surface area contributed by atoms with E-state index in [9.17, 15) is 9.00 Å². The van der Waals surface area contributed by atoms with E-state index >= 15 is 0 Å². The molecule has 94 valence electrons. The molecule has 0 aliphatic heterocycles. The van der Waals surface area contributed by atoms with Crippen LogP contribution in [-0.2, 0) is 15.6 Å². The minimum atomic E-state index is -1.50. The second-order valence-corrected chi connectivity index (χ2v) is 6.33. The van der Waals surface area contributed by atoms with E-state index in [1.54, 1.807) is 19.1 Å². The molecule has 0 aliphatic rings. The van der Waals surface area contributed by atoms with Gasteiger partial charge >= 0.3 is 5.97 Å². The predicted molar refractivity (Wildman–Crippen MR) is 69.1 cm³/mol. The molecular weight excluding hydrogens is 283 g/mol. The van der Waals surface area contributed by atoms with Crippen molar-refractivity contribution in [1.29, 1.82) is 0 Å². The largest absolute Gasteiger partial charge is 0.481 e. The first-order chi connectivity index (χ1) is 7.84. The van der Waals surface area contributed by atoms with Crippen molar-refractivity contribution in [3.8, 4) is 0 Å². The van der Waals surface area contributed by atoms with E-state index in [0.717, 1.165) is 0 Å². The normalized spacial score (nSPS) is 16.2. The average Bonchev–Trinajstić information content (AvgIpc) is 2.29. The predicted octanol–water partition coefficient (Wildman–Crippen LogP) is 3.21. The monoisotopic (exact) mass is 294 g/mol. The Bertz CT molecular complexity index is 462. The van der Waals surface area contributed by atoms with Crippen molar-refractivity contribution in [2.45, 2.75) is 24.0 Å². The first kappa shape index (κ1) is 14.5. The Kier molecular flexibility index (Phi) is 4.98. The molecular formula is C11H12Cl2O3S. The molecule has 1 N–H and O–H groups in total. The molecule has 6 heteroatoms. The topological polar surface area (TPSA) is 54.4 Å². The van der Waals surface area contributed by atoms with Crippen LogP contribution >= 0.6 is 23.2 Å². The Labute approximate surface area is 112 Å². The molecule has 0 aromatic heterocycles. The van der Waals surface area contributed by atoms with Crippen LogP contribution in [0.5, 0.6) is 0 Å². The SMILES string of the molecule is CC(C(=O)O)C(C)S(=O)c1cc(Cl)ccc1Cl. The summed E-state index contributed by atoms with van der Waals surface area (Å²) in [6.07, 6.45) is 0. The van der Waals surface area contributed by atoms with Crippen molar-refractivity contribution in [1.82, 2.24) is 0 Å². The maximum absolute atomic E-state index is 12.2. The zero-order valence-corrected chi connectivity index (χ0v) is 11.6. The van der Waals surface area contributed by atoms with Crippen molar-refractivity contribution >= 4 is 40.0 Å². The van der Waals surface area contributed by atoms with Crippen molar-refractivity contribution in [2.24, 2.45) is 5.92 Å². The number of carbonyl (C=O) groups is 1. The van der Waals surface area contributed by atoms with E-state index in [1.165, 1.54) is 13.0 Å². The molecule has 0 bridgehead atoms. The highest BCUT2D eigenvalue weighted by Crippen LogP contribution is 2.27. The van der Waals surface area contributed by atoms with Crippen LogP contribution in [0.4, 0.5) is 0 Å². The average molecular weight is 295 g/mol.